The molecule has 1 N–H and O–H groups in total. The minimum Gasteiger partial charge on any atom is -0.289 e. The van der Waals surface area contributed by atoms with Gasteiger partial charge in [-0.05, 0) is 19.4 Å². The van der Waals surface area contributed by atoms with E-state index in [0.29, 0.717) is 10.4 Å². The monoisotopic (exact) mass is 282 g/mol. The zero-order chi connectivity index (χ0) is 13.1. The predicted molar refractivity (Wildman–Crippen MR) is 64.6 cm³/mol. The average molecular weight is 283 g/mol. The van der Waals surface area contributed by atoms with Crippen molar-refractivity contribution in [1.82, 2.24) is 0 Å². The molecule has 0 saturated carbocycles. The Morgan fingerprint density at radius 3 is 2.76 bits per heavy atom. The molecule has 0 amide bonds. The number of thiophene rings is 1. The van der Waals surface area contributed by atoms with Gasteiger partial charge in [0.05, 0.1) is 0 Å². The van der Waals surface area contributed by atoms with Gasteiger partial charge in [0, 0.05) is 21.7 Å². The van der Waals surface area contributed by atoms with E-state index >= 15 is 0 Å². The van der Waals surface area contributed by atoms with Crippen LogP contribution in [0, 0.1) is 12.3 Å². The van der Waals surface area contributed by atoms with E-state index in [2.05, 4.69) is 4.99 Å². The Balaban J connectivity index is 2.82. The summed E-state index contributed by atoms with van der Waals surface area (Å²) >= 11 is 7.07. The molecule has 0 radical (unpaired) electrons. The Bertz CT molecular complexity index is 437. The molecular weight excluding hydrogens is 273 g/mol. The van der Waals surface area contributed by atoms with Gasteiger partial charge in [0.25, 0.3) is 0 Å². The molecule has 7 heteroatoms. The number of aryl methyl sites for hydroxylation is 2. The lowest BCUT2D eigenvalue weighted by Crippen LogP contribution is -2.07. The van der Waals surface area contributed by atoms with Gasteiger partial charge in [-0.2, -0.15) is 13.2 Å². The topological polar surface area (TPSA) is 36.2 Å². The second-order valence-electron chi connectivity index (χ2n) is 3.35. The summed E-state index contributed by atoms with van der Waals surface area (Å²) in [6.07, 6.45) is -4.24. The van der Waals surface area contributed by atoms with Gasteiger partial charge in [-0.25, -0.2) is 4.99 Å². The zero-order valence-corrected chi connectivity index (χ0v) is 10.5. The third-order valence-corrected chi connectivity index (χ3v) is 3.44. The van der Waals surface area contributed by atoms with Gasteiger partial charge in [-0.15, -0.1) is 11.3 Å². The van der Waals surface area contributed by atoms with Crippen LogP contribution in [-0.2, 0) is 6.42 Å². The summed E-state index contributed by atoms with van der Waals surface area (Å²) in [5.74, 6) is 0. The zero-order valence-electron chi connectivity index (χ0n) is 8.94. The largest absolute Gasteiger partial charge is 0.389 e. The molecule has 0 atom stereocenters. The van der Waals surface area contributed by atoms with Crippen molar-refractivity contribution in [3.63, 3.8) is 0 Å². The maximum atomic E-state index is 12.1. The summed E-state index contributed by atoms with van der Waals surface area (Å²) in [5.41, 5.74) is 0.595. The minimum atomic E-state index is -4.15. The molecule has 1 heterocycles. The van der Waals surface area contributed by atoms with Crippen LogP contribution in [0.2, 0.25) is 0 Å². The molecule has 0 aliphatic rings. The summed E-state index contributed by atoms with van der Waals surface area (Å²) in [6.45, 7) is 1.76. The maximum absolute atomic E-state index is 12.1. The SMILES string of the molecule is Cc1sc(CCC(F)(F)F)cc1C(Cl)=NC=N. The Kier molecular flexibility index (Phi) is 4.70. The van der Waals surface area contributed by atoms with Crippen LogP contribution in [0.3, 0.4) is 0 Å². The molecule has 0 aromatic carbocycles. The van der Waals surface area contributed by atoms with E-state index < -0.39 is 12.6 Å². The summed E-state index contributed by atoms with van der Waals surface area (Å²) in [6, 6.07) is 1.60. The molecule has 0 aliphatic heterocycles. The van der Waals surface area contributed by atoms with Gasteiger partial charge in [-0.3, -0.25) is 5.41 Å². The summed E-state index contributed by atoms with van der Waals surface area (Å²) < 4.78 is 36.2. The summed E-state index contributed by atoms with van der Waals surface area (Å²) in [5, 5.41) is 6.91. The standard InChI is InChI=1S/C10H10ClF3N2S/c1-6-8(9(11)16-5-15)4-7(17-6)2-3-10(12,13)14/h4-5,15H,2-3H2,1H3. The van der Waals surface area contributed by atoms with Crippen molar-refractivity contribution in [1.29, 1.82) is 5.41 Å². The van der Waals surface area contributed by atoms with Crippen molar-refractivity contribution in [3.05, 3.63) is 21.4 Å². The normalized spacial score (nSPS) is 12.9. The van der Waals surface area contributed by atoms with E-state index in [1.54, 1.807) is 13.0 Å². The fraction of sp³-hybridized carbons (Fsp3) is 0.400. The lowest BCUT2D eigenvalue weighted by molar-refractivity contribution is -0.133. The Labute approximate surface area is 106 Å². The molecule has 0 spiro atoms. The van der Waals surface area contributed by atoms with Crippen LogP contribution in [-0.4, -0.2) is 17.7 Å². The molecule has 0 saturated heterocycles. The second kappa shape index (κ2) is 5.64. The fourth-order valence-corrected chi connectivity index (χ4v) is 2.60. The van der Waals surface area contributed by atoms with Gasteiger partial charge in [0.2, 0.25) is 0 Å². The van der Waals surface area contributed by atoms with Crippen LogP contribution in [0.25, 0.3) is 0 Å². The number of nitrogens with zero attached hydrogens (tertiary/aromatic N) is 1. The van der Waals surface area contributed by atoms with E-state index in [9.17, 15) is 13.2 Å². The van der Waals surface area contributed by atoms with E-state index in [-0.39, 0.29) is 11.6 Å². The van der Waals surface area contributed by atoms with E-state index in [1.807, 2.05) is 0 Å². The van der Waals surface area contributed by atoms with Crippen molar-refractivity contribution in [2.45, 2.75) is 25.9 Å². The molecule has 1 rings (SSSR count). The first-order valence-corrected chi connectivity index (χ1v) is 5.91. The molecule has 0 aliphatic carbocycles. The van der Waals surface area contributed by atoms with Crippen LogP contribution in [0.1, 0.15) is 21.7 Å². The first-order chi connectivity index (χ1) is 7.83. The Hall–Kier alpha value is -0.880. The number of halogens is 4. The number of nitrogens with one attached hydrogen (secondary N) is 1. The van der Waals surface area contributed by atoms with Gasteiger partial charge < -0.3 is 0 Å². The van der Waals surface area contributed by atoms with Crippen molar-refractivity contribution < 1.29 is 13.2 Å². The first kappa shape index (κ1) is 14.2. The van der Waals surface area contributed by atoms with Gasteiger partial charge >= 0.3 is 6.18 Å². The molecule has 1 aromatic heterocycles. The van der Waals surface area contributed by atoms with Crippen molar-refractivity contribution in [2.24, 2.45) is 4.99 Å². The smallest absolute Gasteiger partial charge is 0.289 e. The van der Waals surface area contributed by atoms with E-state index in [1.165, 1.54) is 11.3 Å². The molecule has 1 aromatic rings. The number of rotatable bonds is 4. The average Bonchev–Trinajstić information content (AvgIpc) is 2.56. The first-order valence-electron chi connectivity index (χ1n) is 4.72. The summed E-state index contributed by atoms with van der Waals surface area (Å²) in [4.78, 5) is 5.01. The molecule has 17 heavy (non-hydrogen) atoms. The van der Waals surface area contributed by atoms with Gasteiger partial charge in [0.1, 0.15) is 11.5 Å². The molecular formula is C10H10ClF3N2S. The molecule has 0 fully saturated rings. The molecule has 0 bridgehead atoms. The van der Waals surface area contributed by atoms with Crippen LogP contribution < -0.4 is 0 Å². The van der Waals surface area contributed by atoms with Crippen LogP contribution in [0.5, 0.6) is 0 Å². The van der Waals surface area contributed by atoms with Crippen molar-refractivity contribution >= 4 is 34.4 Å². The number of hydrogen-bond acceptors (Lipinski definition) is 2. The number of hydrogen-bond donors (Lipinski definition) is 1. The Morgan fingerprint density at radius 1 is 1.59 bits per heavy atom. The van der Waals surface area contributed by atoms with Crippen LogP contribution in [0.15, 0.2) is 11.1 Å². The van der Waals surface area contributed by atoms with Gasteiger partial charge in [-0.1, -0.05) is 11.6 Å². The highest BCUT2D eigenvalue weighted by molar-refractivity contribution is 7.12. The van der Waals surface area contributed by atoms with E-state index in [4.69, 9.17) is 17.0 Å². The van der Waals surface area contributed by atoms with Crippen molar-refractivity contribution in [3.8, 4) is 0 Å². The highest BCUT2D eigenvalue weighted by Crippen LogP contribution is 2.28. The number of aliphatic imine (C=N–C) groups is 1. The highest BCUT2D eigenvalue weighted by Gasteiger charge is 2.27. The Morgan fingerprint density at radius 2 is 2.24 bits per heavy atom. The van der Waals surface area contributed by atoms with Crippen LogP contribution in [0.4, 0.5) is 13.2 Å². The molecule has 0 unspecified atom stereocenters. The lowest BCUT2D eigenvalue weighted by Gasteiger charge is -2.03. The minimum absolute atomic E-state index is 0.0518. The lowest BCUT2D eigenvalue weighted by atomic mass is 10.2. The fourth-order valence-electron chi connectivity index (χ4n) is 1.26. The second-order valence-corrected chi connectivity index (χ2v) is 5.05. The van der Waals surface area contributed by atoms with Gasteiger partial charge in [0.15, 0.2) is 0 Å². The molecule has 94 valence electrons. The highest BCUT2D eigenvalue weighted by atomic mass is 35.5. The third kappa shape index (κ3) is 4.47. The maximum Gasteiger partial charge on any atom is 0.389 e. The quantitative estimate of drug-likeness (QED) is 0.636. The summed E-state index contributed by atoms with van der Waals surface area (Å²) in [7, 11) is 0. The molecule has 2 nitrogen and oxygen atoms in total. The van der Waals surface area contributed by atoms with Crippen molar-refractivity contribution in [2.75, 3.05) is 0 Å². The third-order valence-electron chi connectivity index (χ3n) is 2.02. The number of alkyl halides is 3. The van der Waals surface area contributed by atoms with E-state index in [0.717, 1.165) is 11.2 Å². The van der Waals surface area contributed by atoms with Crippen LogP contribution >= 0.6 is 22.9 Å². The predicted octanol–water partition coefficient (Wildman–Crippen LogP) is 4.14.